The highest BCUT2D eigenvalue weighted by atomic mass is 16.6. The number of allylic oxidation sites excluding steroid dienone is 2. The minimum Gasteiger partial charge on any atom is -0.362 e. The molecule has 0 aliphatic rings. The third-order valence-corrected chi connectivity index (χ3v) is 1.89. The summed E-state index contributed by atoms with van der Waals surface area (Å²) in [5, 5.41) is 4.02. The van der Waals surface area contributed by atoms with Crippen LogP contribution in [0.3, 0.4) is 0 Å². The summed E-state index contributed by atoms with van der Waals surface area (Å²) in [4.78, 5) is 5.22. The molecule has 13 heavy (non-hydrogen) atoms. The SMILES string of the molecule is CCC/C=C(\C)O/N=C(\C)C(C)C. The summed E-state index contributed by atoms with van der Waals surface area (Å²) in [6.07, 6.45) is 4.27. The van der Waals surface area contributed by atoms with Crippen molar-refractivity contribution in [2.75, 3.05) is 0 Å². The lowest BCUT2D eigenvalue weighted by molar-refractivity contribution is 0.226. The van der Waals surface area contributed by atoms with Gasteiger partial charge in [-0.05, 0) is 32.3 Å². The van der Waals surface area contributed by atoms with Gasteiger partial charge < -0.3 is 4.84 Å². The lowest BCUT2D eigenvalue weighted by Gasteiger charge is -2.03. The highest BCUT2D eigenvalue weighted by molar-refractivity contribution is 5.83. The van der Waals surface area contributed by atoms with Crippen LogP contribution >= 0.6 is 0 Å². The Morgan fingerprint density at radius 1 is 1.38 bits per heavy atom. The Hall–Kier alpha value is -0.790. The molecule has 0 N–H and O–H groups in total. The Labute approximate surface area is 81.7 Å². The van der Waals surface area contributed by atoms with E-state index in [0.29, 0.717) is 5.92 Å². The molecule has 0 aliphatic heterocycles. The number of hydrogen-bond donors (Lipinski definition) is 0. The third kappa shape index (κ3) is 6.38. The summed E-state index contributed by atoms with van der Waals surface area (Å²) in [6, 6.07) is 0. The second-order valence-electron chi connectivity index (χ2n) is 3.58. The minimum atomic E-state index is 0.457. The maximum atomic E-state index is 5.22. The fraction of sp³-hybridized carbons (Fsp3) is 0.727. The summed E-state index contributed by atoms with van der Waals surface area (Å²) in [5.41, 5.74) is 1.03. The fourth-order valence-electron chi connectivity index (χ4n) is 0.634. The van der Waals surface area contributed by atoms with E-state index in [-0.39, 0.29) is 0 Å². The smallest absolute Gasteiger partial charge is 0.128 e. The minimum absolute atomic E-state index is 0.457. The van der Waals surface area contributed by atoms with E-state index in [4.69, 9.17) is 4.84 Å². The van der Waals surface area contributed by atoms with Gasteiger partial charge in [0, 0.05) is 0 Å². The lowest BCUT2D eigenvalue weighted by atomic mass is 10.1. The van der Waals surface area contributed by atoms with Crippen molar-refractivity contribution < 1.29 is 4.84 Å². The van der Waals surface area contributed by atoms with Crippen LogP contribution in [0.5, 0.6) is 0 Å². The largest absolute Gasteiger partial charge is 0.362 e. The van der Waals surface area contributed by atoms with Crippen molar-refractivity contribution in [3.05, 3.63) is 11.8 Å². The summed E-state index contributed by atoms with van der Waals surface area (Å²) < 4.78 is 0. The first-order valence-corrected chi connectivity index (χ1v) is 4.96. The molecule has 0 rings (SSSR count). The van der Waals surface area contributed by atoms with Crippen LogP contribution in [0.4, 0.5) is 0 Å². The summed E-state index contributed by atoms with van der Waals surface area (Å²) in [5.74, 6) is 1.35. The van der Waals surface area contributed by atoms with Crippen LogP contribution in [-0.4, -0.2) is 5.71 Å². The van der Waals surface area contributed by atoms with Gasteiger partial charge in [0.25, 0.3) is 0 Å². The van der Waals surface area contributed by atoms with E-state index in [9.17, 15) is 0 Å². The van der Waals surface area contributed by atoms with Crippen molar-refractivity contribution in [1.29, 1.82) is 0 Å². The van der Waals surface area contributed by atoms with E-state index in [1.165, 1.54) is 0 Å². The van der Waals surface area contributed by atoms with E-state index in [1.807, 2.05) is 13.8 Å². The maximum Gasteiger partial charge on any atom is 0.128 e. The topological polar surface area (TPSA) is 21.6 Å². The number of nitrogens with zero attached hydrogens (tertiary/aromatic N) is 1. The number of rotatable bonds is 5. The molecule has 0 saturated carbocycles. The Morgan fingerprint density at radius 2 is 2.00 bits per heavy atom. The van der Waals surface area contributed by atoms with Gasteiger partial charge in [-0.2, -0.15) is 0 Å². The van der Waals surface area contributed by atoms with Gasteiger partial charge in [0.2, 0.25) is 0 Å². The van der Waals surface area contributed by atoms with Crippen molar-refractivity contribution in [1.82, 2.24) is 0 Å². The van der Waals surface area contributed by atoms with Crippen molar-refractivity contribution in [3.8, 4) is 0 Å². The monoisotopic (exact) mass is 183 g/mol. The van der Waals surface area contributed by atoms with Gasteiger partial charge in [-0.3, -0.25) is 0 Å². The average molecular weight is 183 g/mol. The molecule has 0 aromatic heterocycles. The summed E-state index contributed by atoms with van der Waals surface area (Å²) in [7, 11) is 0. The molecule has 0 fully saturated rings. The van der Waals surface area contributed by atoms with Crippen LogP contribution in [0.1, 0.15) is 47.5 Å². The molecule has 0 aliphatic carbocycles. The lowest BCUT2D eigenvalue weighted by Crippen LogP contribution is -2.02. The Kier molecular flexibility index (Phi) is 6.29. The molecular formula is C11H21NO. The van der Waals surface area contributed by atoms with Gasteiger partial charge in [-0.1, -0.05) is 32.3 Å². The average Bonchev–Trinajstić information content (AvgIpc) is 2.10. The Bertz CT molecular complexity index is 192. The Balaban J connectivity index is 3.93. The first-order chi connectivity index (χ1) is 6.07. The van der Waals surface area contributed by atoms with Crippen LogP contribution in [0, 0.1) is 5.92 Å². The van der Waals surface area contributed by atoms with Gasteiger partial charge in [-0.15, -0.1) is 0 Å². The molecule has 0 amide bonds. The molecule has 0 bridgehead atoms. The quantitative estimate of drug-likeness (QED) is 0.361. The van der Waals surface area contributed by atoms with E-state index >= 15 is 0 Å². The van der Waals surface area contributed by atoms with Crippen molar-refractivity contribution in [3.63, 3.8) is 0 Å². The van der Waals surface area contributed by atoms with Crippen LogP contribution < -0.4 is 0 Å². The zero-order chi connectivity index (χ0) is 10.3. The Morgan fingerprint density at radius 3 is 2.46 bits per heavy atom. The fourth-order valence-corrected chi connectivity index (χ4v) is 0.634. The molecule has 0 aromatic carbocycles. The van der Waals surface area contributed by atoms with Gasteiger partial charge in [0.15, 0.2) is 0 Å². The molecule has 0 saturated heterocycles. The molecule has 2 heteroatoms. The highest BCUT2D eigenvalue weighted by Gasteiger charge is 1.97. The van der Waals surface area contributed by atoms with Crippen molar-refractivity contribution in [2.45, 2.75) is 47.5 Å². The zero-order valence-electron chi connectivity index (χ0n) is 9.42. The van der Waals surface area contributed by atoms with Crippen LogP contribution in [0.15, 0.2) is 17.0 Å². The second-order valence-corrected chi connectivity index (χ2v) is 3.58. The standard InChI is InChI=1S/C11H21NO/c1-6-7-8-10(4)13-12-11(5)9(2)3/h8-9H,6-7H2,1-5H3/b10-8+,12-11+. The highest BCUT2D eigenvalue weighted by Crippen LogP contribution is 2.03. The molecule has 76 valence electrons. The third-order valence-electron chi connectivity index (χ3n) is 1.89. The molecule has 0 radical (unpaired) electrons. The van der Waals surface area contributed by atoms with Crippen LogP contribution in [-0.2, 0) is 4.84 Å². The second kappa shape index (κ2) is 6.70. The number of hydrogen-bond acceptors (Lipinski definition) is 2. The van der Waals surface area contributed by atoms with Crippen molar-refractivity contribution >= 4 is 5.71 Å². The maximum absolute atomic E-state index is 5.22. The van der Waals surface area contributed by atoms with E-state index in [2.05, 4.69) is 32.0 Å². The molecule has 0 heterocycles. The zero-order valence-corrected chi connectivity index (χ0v) is 9.42. The molecule has 2 nitrogen and oxygen atoms in total. The summed E-state index contributed by atoms with van der Waals surface area (Å²) >= 11 is 0. The first kappa shape index (κ1) is 12.2. The summed E-state index contributed by atoms with van der Waals surface area (Å²) in [6.45, 7) is 10.3. The van der Waals surface area contributed by atoms with Crippen LogP contribution in [0.25, 0.3) is 0 Å². The number of oxime groups is 1. The first-order valence-electron chi connectivity index (χ1n) is 4.96. The van der Waals surface area contributed by atoms with E-state index < -0.39 is 0 Å². The number of unbranched alkanes of at least 4 members (excludes halogenated alkanes) is 1. The van der Waals surface area contributed by atoms with Gasteiger partial charge in [0.05, 0.1) is 5.71 Å². The van der Waals surface area contributed by atoms with Crippen molar-refractivity contribution in [2.24, 2.45) is 11.1 Å². The van der Waals surface area contributed by atoms with Gasteiger partial charge in [-0.25, -0.2) is 0 Å². The van der Waals surface area contributed by atoms with E-state index in [0.717, 1.165) is 24.3 Å². The molecule has 0 atom stereocenters. The normalized spacial score (nSPS) is 13.7. The molecule has 0 spiro atoms. The van der Waals surface area contributed by atoms with Gasteiger partial charge >= 0.3 is 0 Å². The van der Waals surface area contributed by atoms with E-state index in [1.54, 1.807) is 0 Å². The predicted molar refractivity (Wildman–Crippen MR) is 57.7 cm³/mol. The van der Waals surface area contributed by atoms with Gasteiger partial charge in [0.1, 0.15) is 5.76 Å². The molecular weight excluding hydrogens is 162 g/mol. The predicted octanol–water partition coefficient (Wildman–Crippen LogP) is 3.74. The van der Waals surface area contributed by atoms with Crippen LogP contribution in [0.2, 0.25) is 0 Å². The molecule has 0 aromatic rings. The molecule has 0 unspecified atom stereocenters.